The van der Waals surface area contributed by atoms with Gasteiger partial charge >= 0.3 is 0 Å². The topological polar surface area (TPSA) is 15.4 Å². The quantitative estimate of drug-likeness (QED) is 0.399. The maximum Gasteiger partial charge on any atom is 0.291 e. The molecule has 2 aliphatic rings. The van der Waals surface area contributed by atoms with E-state index in [1.165, 1.54) is 0 Å². The lowest BCUT2D eigenvalue weighted by molar-refractivity contribution is -0.316. The molecule has 2 aliphatic heterocycles. The normalized spacial score (nSPS) is 21.0. The highest BCUT2D eigenvalue weighted by Crippen LogP contribution is 2.06. The van der Waals surface area contributed by atoms with Crippen molar-refractivity contribution in [3.8, 4) is 0 Å². The fourth-order valence-electron chi connectivity index (χ4n) is 0.803. The van der Waals surface area contributed by atoms with Crippen molar-refractivity contribution in [1.82, 2.24) is 0 Å². The standard InChI is InChI=1S/C6H5N2/c1-2-6-4-7-5-8(6)3-1/h1-5H/q+1. The summed E-state index contributed by atoms with van der Waals surface area (Å²) in [6.07, 6.45) is 9.61. The molecule has 38 valence electrons. The number of aliphatic imine (C=N–C) groups is 1. The van der Waals surface area contributed by atoms with E-state index in [4.69, 9.17) is 0 Å². The summed E-state index contributed by atoms with van der Waals surface area (Å²) in [5.74, 6) is 0. The summed E-state index contributed by atoms with van der Waals surface area (Å²) in [7, 11) is 0. The van der Waals surface area contributed by atoms with E-state index in [9.17, 15) is 0 Å². The number of nitrogens with zero attached hydrogens (tertiary/aromatic N) is 2. The Balaban J connectivity index is 2.59. The second-order valence-corrected chi connectivity index (χ2v) is 1.73. The van der Waals surface area contributed by atoms with Crippen LogP contribution in [0, 0.1) is 0 Å². The van der Waals surface area contributed by atoms with Crippen LogP contribution in [0.5, 0.6) is 0 Å². The first-order chi connectivity index (χ1) is 3.97. The van der Waals surface area contributed by atoms with E-state index >= 15 is 0 Å². The Morgan fingerprint density at radius 1 is 1.50 bits per heavy atom. The molecular formula is C6H5N2+. The van der Waals surface area contributed by atoms with Gasteiger partial charge in [0.25, 0.3) is 6.34 Å². The van der Waals surface area contributed by atoms with Crippen LogP contribution >= 0.6 is 0 Å². The van der Waals surface area contributed by atoms with Crippen LogP contribution in [0.15, 0.2) is 29.0 Å². The molecule has 0 aromatic carbocycles. The van der Waals surface area contributed by atoms with Gasteiger partial charge < -0.3 is 0 Å². The fourth-order valence-corrected chi connectivity index (χ4v) is 0.803. The second kappa shape index (κ2) is 1.15. The van der Waals surface area contributed by atoms with Gasteiger partial charge in [-0.05, 0) is 12.2 Å². The summed E-state index contributed by atoms with van der Waals surface area (Å²) >= 11 is 0. The van der Waals surface area contributed by atoms with Gasteiger partial charge in [0, 0.05) is 0 Å². The highest BCUT2D eigenvalue weighted by molar-refractivity contribution is 5.76. The van der Waals surface area contributed by atoms with Crippen molar-refractivity contribution < 1.29 is 4.58 Å². The van der Waals surface area contributed by atoms with Crippen LogP contribution in [0.25, 0.3) is 0 Å². The Morgan fingerprint density at radius 3 is 3.38 bits per heavy atom. The smallest absolute Gasteiger partial charge is 0.199 e. The number of fused-ring (bicyclic) bond motifs is 1. The number of allylic oxidation sites excluding steroid dienone is 2. The SMILES string of the molecule is C1=CC2=CN=C[N+]2=C1. The van der Waals surface area contributed by atoms with Crippen molar-refractivity contribution in [2.45, 2.75) is 0 Å². The molecule has 0 bridgehead atoms. The minimum atomic E-state index is 1.16. The Morgan fingerprint density at radius 2 is 2.50 bits per heavy atom. The maximum absolute atomic E-state index is 3.92. The highest BCUT2D eigenvalue weighted by atomic mass is 15.1. The predicted molar refractivity (Wildman–Crippen MR) is 32.0 cm³/mol. The molecule has 0 aliphatic carbocycles. The average molecular weight is 105 g/mol. The third-order valence-electron chi connectivity index (χ3n) is 1.21. The van der Waals surface area contributed by atoms with Crippen molar-refractivity contribution in [3.05, 3.63) is 24.0 Å². The van der Waals surface area contributed by atoms with Crippen LogP contribution in [-0.2, 0) is 0 Å². The van der Waals surface area contributed by atoms with Gasteiger partial charge in [-0.2, -0.15) is 4.58 Å². The van der Waals surface area contributed by atoms with Crippen LogP contribution in [-0.4, -0.2) is 17.1 Å². The zero-order valence-electron chi connectivity index (χ0n) is 4.28. The van der Waals surface area contributed by atoms with Crippen molar-refractivity contribution in [1.29, 1.82) is 0 Å². The van der Waals surface area contributed by atoms with E-state index in [0.29, 0.717) is 0 Å². The molecule has 0 radical (unpaired) electrons. The first-order valence-electron chi connectivity index (χ1n) is 2.50. The van der Waals surface area contributed by atoms with E-state index < -0.39 is 0 Å². The van der Waals surface area contributed by atoms with E-state index in [-0.39, 0.29) is 0 Å². The molecule has 0 fully saturated rings. The lowest BCUT2D eigenvalue weighted by Crippen LogP contribution is -1.98. The highest BCUT2D eigenvalue weighted by Gasteiger charge is 2.13. The van der Waals surface area contributed by atoms with E-state index in [1.807, 2.05) is 29.1 Å². The summed E-state index contributed by atoms with van der Waals surface area (Å²) in [5, 5.41) is 0. The van der Waals surface area contributed by atoms with Gasteiger partial charge in [0.15, 0.2) is 11.9 Å². The molecule has 0 aromatic heterocycles. The van der Waals surface area contributed by atoms with Gasteiger partial charge in [-0.3, -0.25) is 0 Å². The number of hydrogen-bond donors (Lipinski definition) is 0. The molecule has 0 saturated heterocycles. The molecule has 0 atom stereocenters. The number of hydrogen-bond acceptors (Lipinski definition) is 1. The lowest BCUT2D eigenvalue weighted by Gasteiger charge is -1.80. The molecule has 2 heterocycles. The molecule has 2 heteroatoms. The van der Waals surface area contributed by atoms with Gasteiger partial charge in [0.1, 0.15) is 0 Å². The first-order valence-corrected chi connectivity index (χ1v) is 2.50. The average Bonchev–Trinajstić information content (AvgIpc) is 2.15. The van der Waals surface area contributed by atoms with Crippen molar-refractivity contribution in [2.24, 2.45) is 4.99 Å². The van der Waals surface area contributed by atoms with E-state index in [0.717, 1.165) is 5.70 Å². The van der Waals surface area contributed by atoms with Crippen LogP contribution in [0.1, 0.15) is 0 Å². The predicted octanol–water partition coefficient (Wildman–Crippen LogP) is 0.523. The Labute approximate surface area is 47.2 Å². The summed E-state index contributed by atoms with van der Waals surface area (Å²) < 4.78 is 1.97. The van der Waals surface area contributed by atoms with Gasteiger partial charge in [0.2, 0.25) is 0 Å². The van der Waals surface area contributed by atoms with Crippen LogP contribution in [0.3, 0.4) is 0 Å². The van der Waals surface area contributed by atoms with E-state index in [2.05, 4.69) is 4.99 Å². The minimum Gasteiger partial charge on any atom is -0.199 e. The minimum absolute atomic E-state index is 1.16. The molecule has 2 rings (SSSR count). The summed E-state index contributed by atoms with van der Waals surface area (Å²) in [6.45, 7) is 0. The first kappa shape index (κ1) is 3.78. The fraction of sp³-hybridized carbons (Fsp3) is 0. The third-order valence-corrected chi connectivity index (χ3v) is 1.21. The lowest BCUT2D eigenvalue weighted by atomic mass is 10.5. The molecule has 0 N–H and O–H groups in total. The zero-order chi connectivity index (χ0) is 5.40. The van der Waals surface area contributed by atoms with Gasteiger partial charge in [-0.15, -0.1) is 0 Å². The van der Waals surface area contributed by atoms with Crippen LogP contribution in [0.2, 0.25) is 0 Å². The molecular weight excluding hydrogens is 100 g/mol. The van der Waals surface area contributed by atoms with E-state index in [1.54, 1.807) is 6.34 Å². The molecule has 0 saturated carbocycles. The van der Waals surface area contributed by atoms with Crippen LogP contribution in [0.4, 0.5) is 0 Å². The summed E-state index contributed by atoms with van der Waals surface area (Å²) in [4.78, 5) is 3.92. The molecule has 2 nitrogen and oxygen atoms in total. The maximum atomic E-state index is 3.92. The molecule has 0 spiro atoms. The molecule has 0 aromatic rings. The largest absolute Gasteiger partial charge is 0.291 e. The number of rotatable bonds is 0. The van der Waals surface area contributed by atoms with Crippen molar-refractivity contribution >= 4 is 12.6 Å². The molecule has 0 amide bonds. The Bertz CT molecular complexity index is 205. The van der Waals surface area contributed by atoms with Gasteiger partial charge in [-0.25, -0.2) is 0 Å². The van der Waals surface area contributed by atoms with Crippen molar-refractivity contribution in [2.75, 3.05) is 0 Å². The van der Waals surface area contributed by atoms with Crippen molar-refractivity contribution in [3.63, 3.8) is 0 Å². The molecule has 0 unspecified atom stereocenters. The monoisotopic (exact) mass is 105 g/mol. The Hall–Kier alpha value is -1.18. The second-order valence-electron chi connectivity index (χ2n) is 1.73. The van der Waals surface area contributed by atoms with Gasteiger partial charge in [-0.1, -0.05) is 4.99 Å². The van der Waals surface area contributed by atoms with Gasteiger partial charge in [0.05, 0.1) is 6.21 Å². The third kappa shape index (κ3) is 0.320. The Kier molecular flexibility index (Phi) is 0.545. The summed E-state index contributed by atoms with van der Waals surface area (Å²) in [5.41, 5.74) is 1.16. The zero-order valence-corrected chi connectivity index (χ0v) is 4.28. The molecule has 8 heavy (non-hydrogen) atoms. The van der Waals surface area contributed by atoms with Crippen LogP contribution < -0.4 is 0 Å². The summed E-state index contributed by atoms with van der Waals surface area (Å²) in [6, 6.07) is 0.